The van der Waals surface area contributed by atoms with Crippen LogP contribution in [0.25, 0.3) is 0 Å². The van der Waals surface area contributed by atoms with Gasteiger partial charge in [0.25, 0.3) is 0 Å². The number of thioether (sulfide) groups is 1. The van der Waals surface area contributed by atoms with Crippen molar-refractivity contribution in [3.05, 3.63) is 71.8 Å². The fraction of sp³-hybridized carbons (Fsp3) is 0.294. The summed E-state index contributed by atoms with van der Waals surface area (Å²) in [5.41, 5.74) is 2.64. The number of hydrogen-bond donors (Lipinski definition) is 0. The summed E-state index contributed by atoms with van der Waals surface area (Å²) in [5, 5.41) is 0. The largest absolute Gasteiger partial charge is 0.373 e. The Morgan fingerprint density at radius 1 is 0.947 bits per heavy atom. The number of hydrogen-bond acceptors (Lipinski definition) is 2. The van der Waals surface area contributed by atoms with E-state index < -0.39 is 0 Å². The first-order chi connectivity index (χ1) is 9.40. The van der Waals surface area contributed by atoms with E-state index in [9.17, 15) is 0 Å². The molecule has 0 aliphatic rings. The van der Waals surface area contributed by atoms with Crippen molar-refractivity contribution >= 4 is 11.8 Å². The maximum Gasteiger partial charge on any atom is 0.0915 e. The second-order valence-electron chi connectivity index (χ2n) is 4.36. The molecule has 0 bridgehead atoms. The van der Waals surface area contributed by atoms with Gasteiger partial charge in [-0.15, -0.1) is 0 Å². The Balaban J connectivity index is 1.87. The summed E-state index contributed by atoms with van der Waals surface area (Å²) in [7, 11) is 0. The van der Waals surface area contributed by atoms with Crippen LogP contribution in [0.5, 0.6) is 0 Å². The predicted molar refractivity (Wildman–Crippen MR) is 83.4 cm³/mol. The number of benzene rings is 2. The highest BCUT2D eigenvalue weighted by atomic mass is 32.2. The van der Waals surface area contributed by atoms with Gasteiger partial charge < -0.3 is 4.74 Å². The average Bonchev–Trinajstić information content (AvgIpc) is 2.48. The van der Waals surface area contributed by atoms with Crippen LogP contribution in [0, 0.1) is 0 Å². The van der Waals surface area contributed by atoms with Gasteiger partial charge in [0.1, 0.15) is 0 Å². The summed E-state index contributed by atoms with van der Waals surface area (Å²) in [4.78, 5) is 0. The monoisotopic (exact) mass is 272 g/mol. The van der Waals surface area contributed by atoms with E-state index in [1.165, 1.54) is 11.1 Å². The predicted octanol–water partition coefficient (Wildman–Crippen LogP) is 4.70. The summed E-state index contributed by atoms with van der Waals surface area (Å²) in [6.45, 7) is 2.81. The van der Waals surface area contributed by atoms with Crippen molar-refractivity contribution < 1.29 is 4.74 Å². The Kier molecular flexibility index (Phi) is 5.99. The highest BCUT2D eigenvalue weighted by molar-refractivity contribution is 7.98. The molecular formula is C17H20OS. The molecule has 1 unspecified atom stereocenters. The minimum Gasteiger partial charge on any atom is -0.373 e. The maximum absolute atomic E-state index is 5.85. The zero-order chi connectivity index (χ0) is 13.3. The Morgan fingerprint density at radius 2 is 1.58 bits per heavy atom. The van der Waals surface area contributed by atoms with Crippen molar-refractivity contribution in [2.75, 3.05) is 12.4 Å². The van der Waals surface area contributed by atoms with Gasteiger partial charge in [-0.25, -0.2) is 0 Å². The normalized spacial score (nSPS) is 12.3. The van der Waals surface area contributed by atoms with Gasteiger partial charge in [0.15, 0.2) is 0 Å². The average molecular weight is 272 g/mol. The summed E-state index contributed by atoms with van der Waals surface area (Å²) in [6, 6.07) is 21.1. The first-order valence-corrected chi connectivity index (χ1v) is 7.84. The van der Waals surface area contributed by atoms with Crippen LogP contribution in [0.2, 0.25) is 0 Å². The van der Waals surface area contributed by atoms with Crippen LogP contribution < -0.4 is 0 Å². The summed E-state index contributed by atoms with van der Waals surface area (Å²) in [6.07, 6.45) is 0.194. The molecule has 0 aliphatic carbocycles. The lowest BCUT2D eigenvalue weighted by atomic mass is 10.1. The molecule has 19 heavy (non-hydrogen) atoms. The molecule has 2 heteroatoms. The maximum atomic E-state index is 5.85. The molecular weight excluding hydrogens is 252 g/mol. The van der Waals surface area contributed by atoms with Gasteiger partial charge in [-0.05, 0) is 18.1 Å². The van der Waals surface area contributed by atoms with Crippen molar-refractivity contribution in [1.82, 2.24) is 0 Å². The van der Waals surface area contributed by atoms with Crippen LogP contribution >= 0.6 is 11.8 Å². The molecule has 0 saturated heterocycles. The van der Waals surface area contributed by atoms with E-state index in [0.29, 0.717) is 0 Å². The van der Waals surface area contributed by atoms with Crippen molar-refractivity contribution in [3.63, 3.8) is 0 Å². The Bertz CT molecular complexity index is 455. The summed E-state index contributed by atoms with van der Waals surface area (Å²) < 4.78 is 5.85. The van der Waals surface area contributed by atoms with Gasteiger partial charge in [-0.2, -0.15) is 11.8 Å². The molecule has 0 radical (unpaired) electrons. The fourth-order valence-corrected chi connectivity index (χ4v) is 3.02. The van der Waals surface area contributed by atoms with E-state index in [1.54, 1.807) is 0 Å². The Morgan fingerprint density at radius 3 is 2.21 bits per heavy atom. The van der Waals surface area contributed by atoms with E-state index in [0.717, 1.165) is 18.1 Å². The topological polar surface area (TPSA) is 9.23 Å². The molecule has 0 fully saturated rings. The van der Waals surface area contributed by atoms with E-state index in [1.807, 2.05) is 17.8 Å². The highest BCUT2D eigenvalue weighted by Crippen LogP contribution is 2.24. The van der Waals surface area contributed by atoms with Crippen LogP contribution in [0.15, 0.2) is 60.7 Å². The van der Waals surface area contributed by atoms with Gasteiger partial charge in [0, 0.05) is 18.1 Å². The molecule has 0 aromatic heterocycles. The molecule has 2 aromatic carbocycles. The minimum atomic E-state index is 0.194. The van der Waals surface area contributed by atoms with E-state index in [-0.39, 0.29) is 6.10 Å². The van der Waals surface area contributed by atoms with E-state index >= 15 is 0 Å². The highest BCUT2D eigenvalue weighted by Gasteiger charge is 2.10. The van der Waals surface area contributed by atoms with Crippen LogP contribution in [-0.4, -0.2) is 12.4 Å². The SMILES string of the molecule is CCOC(CSCc1ccccc1)c1ccccc1. The second kappa shape index (κ2) is 8.03. The molecule has 100 valence electrons. The first-order valence-electron chi connectivity index (χ1n) is 6.68. The lowest BCUT2D eigenvalue weighted by Crippen LogP contribution is -2.07. The third-order valence-corrected chi connectivity index (χ3v) is 4.00. The van der Waals surface area contributed by atoms with Crippen molar-refractivity contribution in [2.24, 2.45) is 0 Å². The van der Waals surface area contributed by atoms with Crippen LogP contribution in [0.4, 0.5) is 0 Å². The van der Waals surface area contributed by atoms with E-state index in [2.05, 4.69) is 61.5 Å². The third kappa shape index (κ3) is 4.73. The first kappa shape index (κ1) is 14.2. The quantitative estimate of drug-likeness (QED) is 0.722. The molecule has 0 heterocycles. The fourth-order valence-electron chi connectivity index (χ4n) is 1.97. The summed E-state index contributed by atoms with van der Waals surface area (Å²) in [5.74, 6) is 2.03. The van der Waals surface area contributed by atoms with Crippen molar-refractivity contribution in [3.8, 4) is 0 Å². The van der Waals surface area contributed by atoms with Gasteiger partial charge in [0.05, 0.1) is 6.10 Å². The van der Waals surface area contributed by atoms with Crippen LogP contribution in [0.3, 0.4) is 0 Å². The standard InChI is InChI=1S/C17H20OS/c1-2-18-17(16-11-7-4-8-12-16)14-19-13-15-9-5-3-6-10-15/h3-12,17H,2,13-14H2,1H3. The lowest BCUT2D eigenvalue weighted by Gasteiger charge is -2.17. The van der Waals surface area contributed by atoms with Gasteiger partial charge in [-0.1, -0.05) is 60.7 Å². The van der Waals surface area contributed by atoms with E-state index in [4.69, 9.17) is 4.74 Å². The molecule has 2 rings (SSSR count). The number of ether oxygens (including phenoxy) is 1. The lowest BCUT2D eigenvalue weighted by molar-refractivity contribution is 0.0798. The van der Waals surface area contributed by atoms with Crippen molar-refractivity contribution in [2.45, 2.75) is 18.8 Å². The number of rotatable bonds is 7. The molecule has 1 nitrogen and oxygen atoms in total. The second-order valence-corrected chi connectivity index (χ2v) is 5.39. The third-order valence-electron chi connectivity index (χ3n) is 2.92. The molecule has 0 amide bonds. The molecule has 0 aliphatic heterocycles. The van der Waals surface area contributed by atoms with Gasteiger partial charge in [0.2, 0.25) is 0 Å². The molecule has 0 spiro atoms. The Labute approximate surface area is 120 Å². The molecule has 0 N–H and O–H groups in total. The zero-order valence-electron chi connectivity index (χ0n) is 11.3. The van der Waals surface area contributed by atoms with Gasteiger partial charge in [-0.3, -0.25) is 0 Å². The molecule has 2 aromatic rings. The Hall–Kier alpha value is -1.25. The smallest absolute Gasteiger partial charge is 0.0915 e. The molecule has 0 saturated carbocycles. The molecule has 1 atom stereocenters. The van der Waals surface area contributed by atoms with Crippen LogP contribution in [0.1, 0.15) is 24.2 Å². The van der Waals surface area contributed by atoms with Crippen LogP contribution in [-0.2, 0) is 10.5 Å². The minimum absolute atomic E-state index is 0.194. The summed E-state index contributed by atoms with van der Waals surface area (Å²) >= 11 is 1.92. The van der Waals surface area contributed by atoms with Gasteiger partial charge >= 0.3 is 0 Å². The zero-order valence-corrected chi connectivity index (χ0v) is 12.1. The van der Waals surface area contributed by atoms with Crippen molar-refractivity contribution in [1.29, 1.82) is 0 Å².